The van der Waals surface area contributed by atoms with E-state index in [-0.39, 0.29) is 18.9 Å². The van der Waals surface area contributed by atoms with Gasteiger partial charge < -0.3 is 15.6 Å². The smallest absolute Gasteiger partial charge is 0.248 e. The number of nitrogens with two attached hydrogens (primary N) is 1. The van der Waals surface area contributed by atoms with Gasteiger partial charge in [-0.15, -0.1) is 0 Å². The van der Waals surface area contributed by atoms with Crippen LogP contribution < -0.4 is 11.1 Å². The van der Waals surface area contributed by atoms with Crippen LogP contribution in [-0.2, 0) is 11.3 Å². The molecule has 103 valence electrons. The normalized spacial score (nSPS) is 10.2. The molecule has 3 N–H and O–H groups in total. The summed E-state index contributed by atoms with van der Waals surface area (Å²) in [6.07, 6.45) is 3.32. The Morgan fingerprint density at radius 3 is 2.80 bits per heavy atom. The third-order valence-corrected chi connectivity index (χ3v) is 2.68. The predicted octanol–water partition coefficient (Wildman–Crippen LogP) is 1.03. The van der Waals surface area contributed by atoms with E-state index >= 15 is 0 Å². The molecule has 2 rings (SSSR count). The SMILES string of the molecule is NC(=O)c1ccccc1[CH]CC(=O)NCc1ccno1. The first-order chi connectivity index (χ1) is 9.66. The lowest BCUT2D eigenvalue weighted by Gasteiger charge is -2.06. The van der Waals surface area contributed by atoms with Gasteiger partial charge in [-0.1, -0.05) is 23.4 Å². The van der Waals surface area contributed by atoms with Crippen LogP contribution in [0.4, 0.5) is 0 Å². The first-order valence-electron chi connectivity index (χ1n) is 6.05. The Morgan fingerprint density at radius 1 is 1.30 bits per heavy atom. The third-order valence-electron chi connectivity index (χ3n) is 2.68. The average molecular weight is 272 g/mol. The van der Waals surface area contributed by atoms with Crippen molar-refractivity contribution in [3.63, 3.8) is 0 Å². The molecule has 1 radical (unpaired) electrons. The number of carbonyl (C=O) groups excluding carboxylic acids is 2. The minimum absolute atomic E-state index is 0.151. The Balaban J connectivity index is 1.85. The summed E-state index contributed by atoms with van der Waals surface area (Å²) in [6.45, 7) is 0.282. The number of primary amides is 1. The van der Waals surface area contributed by atoms with Gasteiger partial charge in [0.25, 0.3) is 0 Å². The quantitative estimate of drug-likeness (QED) is 0.820. The molecule has 0 fully saturated rings. The van der Waals surface area contributed by atoms with Gasteiger partial charge >= 0.3 is 0 Å². The van der Waals surface area contributed by atoms with Crippen molar-refractivity contribution in [3.8, 4) is 0 Å². The lowest BCUT2D eigenvalue weighted by molar-refractivity contribution is -0.120. The summed E-state index contributed by atoms with van der Waals surface area (Å²) in [5.74, 6) is -0.115. The zero-order valence-electron chi connectivity index (χ0n) is 10.7. The molecule has 0 spiro atoms. The molecule has 0 atom stereocenters. The van der Waals surface area contributed by atoms with Crippen LogP contribution in [0.3, 0.4) is 0 Å². The molecule has 1 aromatic heterocycles. The number of nitrogens with zero attached hydrogens (tertiary/aromatic N) is 1. The molecule has 1 heterocycles. The molecule has 0 bridgehead atoms. The first-order valence-corrected chi connectivity index (χ1v) is 6.05. The summed E-state index contributed by atoms with van der Waals surface area (Å²) in [6, 6.07) is 8.54. The molecule has 6 nitrogen and oxygen atoms in total. The molecule has 0 aliphatic rings. The summed E-state index contributed by atoms with van der Waals surface area (Å²) < 4.78 is 4.86. The van der Waals surface area contributed by atoms with Crippen molar-refractivity contribution in [2.45, 2.75) is 13.0 Å². The Kier molecular flexibility index (Phi) is 4.49. The summed E-state index contributed by atoms with van der Waals surface area (Å²) in [7, 11) is 0. The van der Waals surface area contributed by atoms with Gasteiger partial charge in [0.05, 0.1) is 12.7 Å². The molecular weight excluding hydrogens is 258 g/mol. The van der Waals surface area contributed by atoms with Crippen molar-refractivity contribution in [3.05, 3.63) is 59.8 Å². The highest BCUT2D eigenvalue weighted by Gasteiger charge is 2.09. The zero-order chi connectivity index (χ0) is 14.4. The first kappa shape index (κ1) is 13.8. The molecule has 1 aromatic carbocycles. The number of benzene rings is 1. The fourth-order valence-corrected chi connectivity index (χ4v) is 1.69. The molecule has 0 unspecified atom stereocenters. The number of amides is 2. The van der Waals surface area contributed by atoms with Crippen molar-refractivity contribution < 1.29 is 14.1 Å². The number of hydrogen-bond acceptors (Lipinski definition) is 4. The van der Waals surface area contributed by atoms with Gasteiger partial charge in [0.1, 0.15) is 0 Å². The molecule has 0 saturated carbocycles. The summed E-state index contributed by atoms with van der Waals surface area (Å²) in [4.78, 5) is 22.9. The molecule has 6 heteroatoms. The van der Waals surface area contributed by atoms with E-state index in [0.29, 0.717) is 16.9 Å². The summed E-state index contributed by atoms with van der Waals surface area (Å²) in [5, 5.41) is 6.22. The van der Waals surface area contributed by atoms with Crippen molar-refractivity contribution in [2.24, 2.45) is 5.73 Å². The number of carbonyl (C=O) groups is 2. The fraction of sp³-hybridized carbons (Fsp3) is 0.143. The van der Waals surface area contributed by atoms with E-state index in [1.807, 2.05) is 0 Å². The van der Waals surface area contributed by atoms with E-state index in [0.717, 1.165) is 0 Å². The van der Waals surface area contributed by atoms with Crippen LogP contribution in [0.2, 0.25) is 0 Å². The maximum absolute atomic E-state index is 11.7. The van der Waals surface area contributed by atoms with Crippen LogP contribution in [0.15, 0.2) is 41.1 Å². The standard InChI is InChI=1S/C14H14N3O3/c15-14(19)12-4-2-1-3-10(12)5-6-13(18)16-9-11-7-8-17-20-11/h1-5,7-8H,6,9H2,(H2,15,19)(H,16,18). The fourth-order valence-electron chi connectivity index (χ4n) is 1.69. The summed E-state index contributed by atoms with van der Waals surface area (Å²) >= 11 is 0. The van der Waals surface area contributed by atoms with Gasteiger partial charge in [0.2, 0.25) is 11.8 Å². The lowest BCUT2D eigenvalue weighted by Crippen LogP contribution is -2.22. The minimum Gasteiger partial charge on any atom is -0.366 e. The number of rotatable bonds is 6. The summed E-state index contributed by atoms with van der Waals surface area (Å²) in [5.41, 5.74) is 6.31. The monoisotopic (exact) mass is 272 g/mol. The van der Waals surface area contributed by atoms with E-state index in [9.17, 15) is 9.59 Å². The molecule has 20 heavy (non-hydrogen) atoms. The second-order valence-electron chi connectivity index (χ2n) is 4.12. The van der Waals surface area contributed by atoms with Crippen molar-refractivity contribution in [1.82, 2.24) is 10.5 Å². The Labute approximate surface area is 115 Å². The van der Waals surface area contributed by atoms with Crippen LogP contribution >= 0.6 is 0 Å². The average Bonchev–Trinajstić information content (AvgIpc) is 2.96. The predicted molar refractivity (Wildman–Crippen MR) is 71.3 cm³/mol. The van der Waals surface area contributed by atoms with Gasteiger partial charge in [0.15, 0.2) is 5.76 Å². The zero-order valence-corrected chi connectivity index (χ0v) is 10.7. The largest absolute Gasteiger partial charge is 0.366 e. The van der Waals surface area contributed by atoms with E-state index < -0.39 is 5.91 Å². The number of aromatic nitrogens is 1. The van der Waals surface area contributed by atoms with E-state index in [2.05, 4.69) is 10.5 Å². The lowest BCUT2D eigenvalue weighted by atomic mass is 10.0. The van der Waals surface area contributed by atoms with Crippen LogP contribution in [0.25, 0.3) is 0 Å². The van der Waals surface area contributed by atoms with E-state index in [1.54, 1.807) is 36.8 Å². The second kappa shape index (κ2) is 6.51. The molecule has 0 aliphatic heterocycles. The molecule has 0 saturated heterocycles. The van der Waals surface area contributed by atoms with Crippen LogP contribution in [0.1, 0.15) is 28.1 Å². The van der Waals surface area contributed by atoms with E-state index in [4.69, 9.17) is 10.3 Å². The van der Waals surface area contributed by atoms with Crippen LogP contribution in [-0.4, -0.2) is 17.0 Å². The minimum atomic E-state index is -0.515. The highest BCUT2D eigenvalue weighted by Crippen LogP contribution is 2.12. The number of nitrogens with one attached hydrogen (secondary N) is 1. The van der Waals surface area contributed by atoms with Crippen molar-refractivity contribution in [1.29, 1.82) is 0 Å². The van der Waals surface area contributed by atoms with Crippen LogP contribution in [0, 0.1) is 6.42 Å². The molecular formula is C14H14N3O3. The maximum Gasteiger partial charge on any atom is 0.248 e. The van der Waals surface area contributed by atoms with Gasteiger partial charge in [-0.05, 0) is 11.6 Å². The molecule has 0 aliphatic carbocycles. The molecule has 2 amide bonds. The van der Waals surface area contributed by atoms with Gasteiger partial charge in [-0.2, -0.15) is 0 Å². The molecule has 2 aromatic rings. The Morgan fingerprint density at radius 2 is 2.10 bits per heavy atom. The number of hydrogen-bond donors (Lipinski definition) is 2. The van der Waals surface area contributed by atoms with Crippen molar-refractivity contribution in [2.75, 3.05) is 0 Å². The third kappa shape index (κ3) is 3.68. The van der Waals surface area contributed by atoms with E-state index in [1.165, 1.54) is 6.20 Å². The van der Waals surface area contributed by atoms with Gasteiger partial charge in [-0.25, -0.2) is 0 Å². The Hall–Kier alpha value is -2.63. The highest BCUT2D eigenvalue weighted by molar-refractivity contribution is 5.95. The second-order valence-corrected chi connectivity index (χ2v) is 4.12. The highest BCUT2D eigenvalue weighted by atomic mass is 16.5. The van der Waals surface area contributed by atoms with Crippen molar-refractivity contribution >= 4 is 11.8 Å². The van der Waals surface area contributed by atoms with Gasteiger partial charge in [0, 0.05) is 24.5 Å². The Bertz CT molecular complexity index is 593. The van der Waals surface area contributed by atoms with Crippen LogP contribution in [0.5, 0.6) is 0 Å². The topological polar surface area (TPSA) is 98.2 Å². The van der Waals surface area contributed by atoms with Gasteiger partial charge in [-0.3, -0.25) is 9.59 Å². The maximum atomic E-state index is 11.7.